The fourth-order valence-corrected chi connectivity index (χ4v) is 3.12. The summed E-state index contributed by atoms with van der Waals surface area (Å²) >= 11 is 0. The Kier molecular flexibility index (Phi) is 5.45. The number of alkyl halides is 2. The van der Waals surface area contributed by atoms with E-state index >= 15 is 8.78 Å². The number of carbonyl (C=O) groups is 1. The molecule has 1 amide bonds. The molecule has 0 unspecified atom stereocenters. The monoisotopic (exact) mass is 426 g/mol. The van der Waals surface area contributed by atoms with Crippen LogP contribution in [-0.2, 0) is 10.7 Å². The number of rotatable bonds is 4. The second-order valence-electron chi connectivity index (χ2n) is 6.62. The van der Waals surface area contributed by atoms with Crippen LogP contribution in [0.1, 0.15) is 41.0 Å². The summed E-state index contributed by atoms with van der Waals surface area (Å²) in [6, 6.07) is 4.39. The zero-order valence-corrected chi connectivity index (χ0v) is 16.1. The first-order valence-electron chi connectivity index (χ1n) is 8.78. The van der Waals surface area contributed by atoms with Gasteiger partial charge in [-0.15, -0.1) is 0 Å². The van der Waals surface area contributed by atoms with Gasteiger partial charge >= 0.3 is 5.92 Å². The third kappa shape index (κ3) is 3.69. The molecule has 2 N–H and O–H groups in total. The standard InChI is InChI=1S/C20H13F3N6O2/c1-9-15-12(6-25)13(21)3-4-14(15)29-18(30)16(9)20(22,23)19(31)28-10(2)17-26-7-11(5-24)8-27-17/h3-4,7-8,10H,1-2H3,(H,28,31)(H,29,30)/t10-/m0/s1. The van der Waals surface area contributed by atoms with Crippen LogP contribution in [0.4, 0.5) is 13.2 Å². The number of hydrogen-bond donors (Lipinski definition) is 2. The fourth-order valence-electron chi connectivity index (χ4n) is 3.12. The zero-order chi connectivity index (χ0) is 22.9. The van der Waals surface area contributed by atoms with Crippen molar-refractivity contribution in [2.24, 2.45) is 0 Å². The summed E-state index contributed by atoms with van der Waals surface area (Å²) in [6.07, 6.45) is 2.33. The van der Waals surface area contributed by atoms with E-state index in [1.807, 2.05) is 5.32 Å². The number of aromatic amines is 1. The van der Waals surface area contributed by atoms with Crippen molar-refractivity contribution in [2.75, 3.05) is 0 Å². The van der Waals surface area contributed by atoms with Crippen molar-refractivity contribution in [3.63, 3.8) is 0 Å². The lowest BCUT2D eigenvalue weighted by Crippen LogP contribution is -2.43. The number of fused-ring (bicyclic) bond motifs is 1. The predicted molar refractivity (Wildman–Crippen MR) is 101 cm³/mol. The summed E-state index contributed by atoms with van der Waals surface area (Å²) in [4.78, 5) is 34.6. The highest BCUT2D eigenvalue weighted by Gasteiger charge is 2.45. The normalized spacial score (nSPS) is 12.1. The molecule has 1 aromatic carbocycles. The van der Waals surface area contributed by atoms with Crippen LogP contribution in [0.5, 0.6) is 0 Å². The molecule has 0 radical (unpaired) electrons. The van der Waals surface area contributed by atoms with Crippen LogP contribution < -0.4 is 10.9 Å². The number of amides is 1. The minimum absolute atomic E-state index is 0.0141. The van der Waals surface area contributed by atoms with Crippen molar-refractivity contribution in [2.45, 2.75) is 25.8 Å². The molecule has 8 nitrogen and oxygen atoms in total. The van der Waals surface area contributed by atoms with E-state index in [-0.39, 0.29) is 22.3 Å². The first-order chi connectivity index (χ1) is 14.6. The smallest absolute Gasteiger partial charge is 0.341 e. The number of benzene rings is 1. The molecule has 0 fully saturated rings. The van der Waals surface area contributed by atoms with Crippen LogP contribution in [0.3, 0.4) is 0 Å². The Bertz CT molecular complexity index is 1340. The van der Waals surface area contributed by atoms with E-state index in [0.29, 0.717) is 0 Å². The zero-order valence-electron chi connectivity index (χ0n) is 16.1. The Morgan fingerprint density at radius 3 is 2.45 bits per heavy atom. The molecular formula is C20H13F3N6O2. The van der Waals surface area contributed by atoms with Crippen molar-refractivity contribution >= 4 is 16.8 Å². The van der Waals surface area contributed by atoms with Crippen LogP contribution in [-0.4, -0.2) is 20.9 Å². The molecule has 31 heavy (non-hydrogen) atoms. The third-order valence-corrected chi connectivity index (χ3v) is 4.63. The molecule has 2 aromatic heterocycles. The second kappa shape index (κ2) is 7.88. The summed E-state index contributed by atoms with van der Waals surface area (Å²) < 4.78 is 44.1. The van der Waals surface area contributed by atoms with Gasteiger partial charge in [0.2, 0.25) is 0 Å². The molecule has 3 rings (SSSR count). The van der Waals surface area contributed by atoms with Crippen LogP contribution in [0.2, 0.25) is 0 Å². The van der Waals surface area contributed by atoms with Gasteiger partial charge in [-0.2, -0.15) is 19.3 Å². The summed E-state index contributed by atoms with van der Waals surface area (Å²) in [7, 11) is 0. The van der Waals surface area contributed by atoms with Crippen LogP contribution in [0.15, 0.2) is 29.3 Å². The summed E-state index contributed by atoms with van der Waals surface area (Å²) in [5.74, 6) is -7.10. The van der Waals surface area contributed by atoms with Gasteiger partial charge in [0.15, 0.2) is 0 Å². The van der Waals surface area contributed by atoms with Gasteiger partial charge in [-0.25, -0.2) is 14.4 Å². The molecule has 0 aliphatic rings. The van der Waals surface area contributed by atoms with E-state index in [9.17, 15) is 19.2 Å². The fraction of sp³-hybridized carbons (Fsp3) is 0.200. The maximum atomic E-state index is 15.0. The quantitative estimate of drug-likeness (QED) is 0.658. The molecular weight excluding hydrogens is 413 g/mol. The number of pyridine rings is 1. The molecule has 156 valence electrons. The van der Waals surface area contributed by atoms with Gasteiger partial charge in [0, 0.05) is 17.8 Å². The number of hydrogen-bond acceptors (Lipinski definition) is 6. The lowest BCUT2D eigenvalue weighted by atomic mass is 9.96. The molecule has 0 saturated heterocycles. The SMILES string of the molecule is Cc1c(C(F)(F)C(=O)N[C@@H](C)c2ncc(C#N)cn2)c(=O)[nH]c2ccc(F)c(C#N)c12. The van der Waals surface area contributed by atoms with Gasteiger partial charge in [0.05, 0.1) is 28.2 Å². The van der Waals surface area contributed by atoms with Crippen molar-refractivity contribution in [3.05, 3.63) is 68.8 Å². The Morgan fingerprint density at radius 2 is 1.87 bits per heavy atom. The minimum Gasteiger partial charge on any atom is -0.341 e. The Balaban J connectivity index is 2.04. The molecule has 0 aliphatic heterocycles. The highest BCUT2D eigenvalue weighted by molar-refractivity contribution is 5.92. The Labute approximate surface area is 173 Å². The van der Waals surface area contributed by atoms with Crippen LogP contribution >= 0.6 is 0 Å². The third-order valence-electron chi connectivity index (χ3n) is 4.63. The van der Waals surface area contributed by atoms with Gasteiger partial charge in [0.1, 0.15) is 23.8 Å². The number of nitrogens with one attached hydrogen (secondary N) is 2. The van der Waals surface area contributed by atoms with Crippen molar-refractivity contribution < 1.29 is 18.0 Å². The lowest BCUT2D eigenvalue weighted by Gasteiger charge is -2.21. The molecule has 0 spiro atoms. The predicted octanol–water partition coefficient (Wildman–Crippen LogP) is 2.48. The molecule has 3 aromatic rings. The van der Waals surface area contributed by atoms with Crippen molar-refractivity contribution in [1.82, 2.24) is 20.3 Å². The van der Waals surface area contributed by atoms with E-state index in [1.54, 1.807) is 12.1 Å². The van der Waals surface area contributed by atoms with E-state index in [2.05, 4.69) is 15.0 Å². The van der Waals surface area contributed by atoms with Gasteiger partial charge in [-0.1, -0.05) is 0 Å². The summed E-state index contributed by atoms with van der Waals surface area (Å²) in [5.41, 5.74) is -3.23. The van der Waals surface area contributed by atoms with Crippen molar-refractivity contribution in [1.29, 1.82) is 10.5 Å². The van der Waals surface area contributed by atoms with E-state index < -0.39 is 45.9 Å². The van der Waals surface area contributed by atoms with Crippen LogP contribution in [0, 0.1) is 35.4 Å². The lowest BCUT2D eigenvalue weighted by molar-refractivity contribution is -0.148. The Morgan fingerprint density at radius 1 is 1.23 bits per heavy atom. The molecule has 1 atom stereocenters. The average Bonchev–Trinajstić information content (AvgIpc) is 2.73. The molecule has 0 bridgehead atoms. The van der Waals surface area contributed by atoms with Gasteiger partial charge in [-0.3, -0.25) is 9.59 Å². The maximum Gasteiger partial charge on any atom is 0.355 e. The first kappa shape index (κ1) is 21.5. The maximum absolute atomic E-state index is 15.0. The van der Waals surface area contributed by atoms with E-state index in [0.717, 1.165) is 19.1 Å². The van der Waals surface area contributed by atoms with Gasteiger partial charge in [-0.05, 0) is 31.5 Å². The highest BCUT2D eigenvalue weighted by atomic mass is 19.3. The number of carbonyl (C=O) groups excluding carboxylic acids is 1. The first-order valence-corrected chi connectivity index (χ1v) is 8.78. The molecule has 2 heterocycles. The topological polar surface area (TPSA) is 135 Å². The number of halogens is 3. The van der Waals surface area contributed by atoms with E-state index in [4.69, 9.17) is 5.26 Å². The number of aryl methyl sites for hydroxylation is 1. The number of nitrogens with zero attached hydrogens (tertiary/aromatic N) is 4. The summed E-state index contributed by atoms with van der Waals surface area (Å²) in [5, 5.41) is 19.8. The van der Waals surface area contributed by atoms with Crippen molar-refractivity contribution in [3.8, 4) is 12.1 Å². The number of nitriles is 2. The second-order valence-corrected chi connectivity index (χ2v) is 6.62. The molecule has 0 saturated carbocycles. The van der Waals surface area contributed by atoms with Crippen LogP contribution in [0.25, 0.3) is 10.9 Å². The highest BCUT2D eigenvalue weighted by Crippen LogP contribution is 2.33. The molecule has 11 heteroatoms. The average molecular weight is 426 g/mol. The Hall–Kier alpha value is -4.25. The number of aromatic nitrogens is 3. The largest absolute Gasteiger partial charge is 0.355 e. The van der Waals surface area contributed by atoms with Gasteiger partial charge in [0.25, 0.3) is 11.5 Å². The molecule has 0 aliphatic carbocycles. The van der Waals surface area contributed by atoms with Gasteiger partial charge < -0.3 is 10.3 Å². The number of H-pyrrole nitrogens is 1. The minimum atomic E-state index is -4.31. The summed E-state index contributed by atoms with van der Waals surface area (Å²) in [6.45, 7) is 2.46. The van der Waals surface area contributed by atoms with E-state index in [1.165, 1.54) is 19.3 Å².